The fourth-order valence-electron chi connectivity index (χ4n) is 1.45. The minimum absolute atomic E-state index is 0.465. The Bertz CT molecular complexity index is 331. The Balaban J connectivity index is 4.39. The number of alkyl carbamates (subject to hydrolysis) is 1. The van der Waals surface area contributed by atoms with Crippen LogP contribution in [0.2, 0.25) is 0 Å². The quantitative estimate of drug-likeness (QED) is 0.596. The lowest BCUT2D eigenvalue weighted by atomic mass is 10.1. The maximum atomic E-state index is 11.6. The van der Waals surface area contributed by atoms with Crippen LogP contribution < -0.4 is 5.32 Å². The summed E-state index contributed by atoms with van der Waals surface area (Å²) in [5.74, 6) is -0.465. The molecule has 5 nitrogen and oxygen atoms in total. The van der Waals surface area contributed by atoms with Crippen molar-refractivity contribution in [1.82, 2.24) is 5.32 Å². The highest BCUT2D eigenvalue weighted by molar-refractivity contribution is 5.81. The SMILES string of the molecule is C=C(C)CCC[C@H](NC(=O)OC(C)(C)C)C(=O)OC. The van der Waals surface area contributed by atoms with E-state index in [2.05, 4.69) is 16.6 Å². The fraction of sp³-hybridized carbons (Fsp3) is 0.714. The first-order valence-electron chi connectivity index (χ1n) is 6.37. The molecule has 5 heteroatoms. The van der Waals surface area contributed by atoms with Crippen LogP contribution in [-0.2, 0) is 14.3 Å². The number of hydrogen-bond donors (Lipinski definition) is 1. The van der Waals surface area contributed by atoms with Crippen molar-refractivity contribution < 1.29 is 19.1 Å². The van der Waals surface area contributed by atoms with Gasteiger partial charge < -0.3 is 14.8 Å². The first-order valence-corrected chi connectivity index (χ1v) is 6.37. The second-order valence-electron chi connectivity index (χ2n) is 5.57. The van der Waals surface area contributed by atoms with Gasteiger partial charge in [-0.2, -0.15) is 0 Å². The lowest BCUT2D eigenvalue weighted by Crippen LogP contribution is -2.44. The highest BCUT2D eigenvalue weighted by Gasteiger charge is 2.24. The van der Waals surface area contributed by atoms with Crippen LogP contribution in [0.1, 0.15) is 47.0 Å². The molecule has 1 atom stereocenters. The maximum absolute atomic E-state index is 11.6. The molecule has 0 aromatic carbocycles. The van der Waals surface area contributed by atoms with Gasteiger partial charge in [-0.05, 0) is 47.0 Å². The zero-order chi connectivity index (χ0) is 15.1. The number of methoxy groups -OCH3 is 1. The fourth-order valence-corrected chi connectivity index (χ4v) is 1.45. The van der Waals surface area contributed by atoms with E-state index in [1.165, 1.54) is 7.11 Å². The van der Waals surface area contributed by atoms with Gasteiger partial charge in [-0.25, -0.2) is 9.59 Å². The van der Waals surface area contributed by atoms with Gasteiger partial charge in [-0.3, -0.25) is 0 Å². The summed E-state index contributed by atoms with van der Waals surface area (Å²) in [6.45, 7) is 11.0. The Morgan fingerprint density at radius 1 is 1.32 bits per heavy atom. The summed E-state index contributed by atoms with van der Waals surface area (Å²) >= 11 is 0. The van der Waals surface area contributed by atoms with E-state index < -0.39 is 23.7 Å². The lowest BCUT2D eigenvalue weighted by Gasteiger charge is -2.22. The molecule has 110 valence electrons. The molecule has 0 unspecified atom stereocenters. The van der Waals surface area contributed by atoms with Crippen molar-refractivity contribution in [2.75, 3.05) is 7.11 Å². The van der Waals surface area contributed by atoms with E-state index in [1.807, 2.05) is 6.92 Å². The van der Waals surface area contributed by atoms with Crippen molar-refractivity contribution in [3.05, 3.63) is 12.2 Å². The Kier molecular flexibility index (Phi) is 7.19. The molecule has 0 aromatic heterocycles. The molecule has 1 N–H and O–H groups in total. The first-order chi connectivity index (χ1) is 8.65. The number of rotatable bonds is 6. The van der Waals surface area contributed by atoms with Gasteiger partial charge in [-0.15, -0.1) is 6.58 Å². The molecular weight excluding hydrogens is 246 g/mol. The molecule has 0 saturated heterocycles. The van der Waals surface area contributed by atoms with Crippen molar-refractivity contribution in [3.63, 3.8) is 0 Å². The van der Waals surface area contributed by atoms with Crippen LogP contribution in [0.15, 0.2) is 12.2 Å². The molecule has 0 bridgehead atoms. The third kappa shape index (κ3) is 9.11. The van der Waals surface area contributed by atoms with Crippen LogP contribution in [0.4, 0.5) is 4.79 Å². The Labute approximate surface area is 115 Å². The molecule has 0 spiro atoms. The topological polar surface area (TPSA) is 64.6 Å². The van der Waals surface area contributed by atoms with Crippen molar-refractivity contribution in [2.45, 2.75) is 58.6 Å². The maximum Gasteiger partial charge on any atom is 0.408 e. The Morgan fingerprint density at radius 2 is 1.89 bits per heavy atom. The second kappa shape index (κ2) is 7.81. The van der Waals surface area contributed by atoms with Crippen LogP contribution in [0.5, 0.6) is 0 Å². The summed E-state index contributed by atoms with van der Waals surface area (Å²) in [6, 6.07) is -0.681. The average molecular weight is 271 g/mol. The van der Waals surface area contributed by atoms with Gasteiger partial charge >= 0.3 is 12.1 Å². The molecule has 0 heterocycles. The Morgan fingerprint density at radius 3 is 2.32 bits per heavy atom. The van der Waals surface area contributed by atoms with Crippen LogP contribution in [0.3, 0.4) is 0 Å². The van der Waals surface area contributed by atoms with Crippen molar-refractivity contribution in [2.24, 2.45) is 0 Å². The van der Waals surface area contributed by atoms with Crippen LogP contribution in [0, 0.1) is 0 Å². The normalized spacial score (nSPS) is 12.5. The number of esters is 1. The highest BCUT2D eigenvalue weighted by atomic mass is 16.6. The van der Waals surface area contributed by atoms with E-state index in [-0.39, 0.29) is 0 Å². The predicted molar refractivity (Wildman–Crippen MR) is 73.8 cm³/mol. The van der Waals surface area contributed by atoms with Gasteiger partial charge in [0.15, 0.2) is 0 Å². The monoisotopic (exact) mass is 271 g/mol. The molecule has 0 aliphatic rings. The molecule has 0 aliphatic carbocycles. The van der Waals surface area contributed by atoms with Crippen LogP contribution in [-0.4, -0.2) is 30.8 Å². The number of ether oxygens (including phenoxy) is 2. The van der Waals surface area contributed by atoms with E-state index in [4.69, 9.17) is 4.74 Å². The minimum atomic E-state index is -0.681. The third-order valence-corrected chi connectivity index (χ3v) is 2.27. The summed E-state index contributed by atoms with van der Waals surface area (Å²) in [4.78, 5) is 23.2. The summed E-state index contributed by atoms with van der Waals surface area (Å²) in [7, 11) is 1.30. The molecular formula is C14H25NO4. The van der Waals surface area contributed by atoms with Gasteiger partial charge in [-0.1, -0.05) is 5.57 Å². The van der Waals surface area contributed by atoms with E-state index in [0.29, 0.717) is 6.42 Å². The predicted octanol–water partition coefficient (Wildman–Crippen LogP) is 2.80. The molecule has 0 radical (unpaired) electrons. The largest absolute Gasteiger partial charge is 0.467 e. The lowest BCUT2D eigenvalue weighted by molar-refractivity contribution is -0.143. The van der Waals surface area contributed by atoms with Crippen molar-refractivity contribution in [3.8, 4) is 0 Å². The third-order valence-electron chi connectivity index (χ3n) is 2.27. The second-order valence-corrected chi connectivity index (χ2v) is 5.57. The molecule has 0 saturated carbocycles. The molecule has 0 aromatic rings. The average Bonchev–Trinajstić information content (AvgIpc) is 2.23. The number of carbonyl (C=O) groups excluding carboxylic acids is 2. The molecule has 0 aliphatic heterocycles. The number of hydrogen-bond acceptors (Lipinski definition) is 4. The van der Waals surface area contributed by atoms with Gasteiger partial charge in [0.1, 0.15) is 11.6 Å². The molecule has 1 amide bonds. The van der Waals surface area contributed by atoms with E-state index in [1.54, 1.807) is 20.8 Å². The summed E-state index contributed by atoms with van der Waals surface area (Å²) in [6.07, 6.45) is 1.45. The van der Waals surface area contributed by atoms with Crippen LogP contribution in [0.25, 0.3) is 0 Å². The van der Waals surface area contributed by atoms with Gasteiger partial charge in [0.2, 0.25) is 0 Å². The van der Waals surface area contributed by atoms with Gasteiger partial charge in [0.05, 0.1) is 7.11 Å². The molecule has 0 fully saturated rings. The number of amides is 1. The van der Waals surface area contributed by atoms with Crippen LogP contribution >= 0.6 is 0 Å². The van der Waals surface area contributed by atoms with Gasteiger partial charge in [0.25, 0.3) is 0 Å². The van der Waals surface area contributed by atoms with E-state index in [9.17, 15) is 9.59 Å². The molecule has 19 heavy (non-hydrogen) atoms. The zero-order valence-corrected chi connectivity index (χ0v) is 12.5. The van der Waals surface area contributed by atoms with Crippen molar-refractivity contribution in [1.29, 1.82) is 0 Å². The van der Waals surface area contributed by atoms with Crippen molar-refractivity contribution >= 4 is 12.1 Å². The van der Waals surface area contributed by atoms with E-state index in [0.717, 1.165) is 18.4 Å². The zero-order valence-electron chi connectivity index (χ0n) is 12.5. The highest BCUT2D eigenvalue weighted by Crippen LogP contribution is 2.10. The number of nitrogens with one attached hydrogen (secondary N) is 1. The minimum Gasteiger partial charge on any atom is -0.467 e. The summed E-state index contributed by atoms with van der Waals surface area (Å²) in [5, 5.41) is 2.53. The van der Waals surface area contributed by atoms with E-state index >= 15 is 0 Å². The smallest absolute Gasteiger partial charge is 0.408 e. The molecule has 0 rings (SSSR count). The standard InChI is InChI=1S/C14H25NO4/c1-10(2)8-7-9-11(12(16)18-6)15-13(17)19-14(3,4)5/h11H,1,7-9H2,2-6H3,(H,15,17)/t11-/m0/s1. The number of allylic oxidation sites excluding steroid dienone is 1. The first kappa shape index (κ1) is 17.5. The van der Waals surface area contributed by atoms with Gasteiger partial charge in [0, 0.05) is 0 Å². The Hall–Kier alpha value is -1.52. The summed E-state index contributed by atoms with van der Waals surface area (Å²) < 4.78 is 9.78. The number of carbonyl (C=O) groups is 2. The summed E-state index contributed by atoms with van der Waals surface area (Å²) in [5.41, 5.74) is 0.448.